The first-order chi connectivity index (χ1) is 8.65. The van der Waals surface area contributed by atoms with Crippen molar-refractivity contribution in [2.75, 3.05) is 13.3 Å². The van der Waals surface area contributed by atoms with E-state index in [0.29, 0.717) is 13.0 Å². The fraction of sp³-hybridized carbons (Fsp3) is 0.583. The minimum atomic E-state index is -0.394. The maximum Gasteiger partial charge on any atom is 0.332 e. The van der Waals surface area contributed by atoms with Crippen molar-refractivity contribution in [3.63, 3.8) is 0 Å². The fourth-order valence-corrected chi connectivity index (χ4v) is 1.50. The van der Waals surface area contributed by atoms with E-state index >= 15 is 0 Å². The van der Waals surface area contributed by atoms with Crippen molar-refractivity contribution >= 4 is 18.3 Å². The first-order valence-electron chi connectivity index (χ1n) is 5.80. The molecule has 1 fully saturated rings. The Morgan fingerprint density at radius 3 is 2.72 bits per heavy atom. The van der Waals surface area contributed by atoms with Gasteiger partial charge in [0.15, 0.2) is 6.73 Å². The van der Waals surface area contributed by atoms with Crippen LogP contribution in [0.2, 0.25) is 0 Å². The van der Waals surface area contributed by atoms with Gasteiger partial charge in [-0.1, -0.05) is 12.5 Å². The average molecular weight is 257 g/mol. The number of amides is 1. The second-order valence-electron chi connectivity index (χ2n) is 3.67. The highest BCUT2D eigenvalue weighted by molar-refractivity contribution is 5.82. The molecule has 1 aliphatic heterocycles. The van der Waals surface area contributed by atoms with Crippen LogP contribution < -0.4 is 0 Å². The molecule has 1 N–H and O–H groups in total. The van der Waals surface area contributed by atoms with Crippen molar-refractivity contribution in [3.8, 4) is 0 Å². The van der Waals surface area contributed by atoms with Crippen molar-refractivity contribution < 1.29 is 24.2 Å². The number of hydrogen-bond donors (Lipinski definition) is 1. The van der Waals surface area contributed by atoms with Gasteiger partial charge in [0.2, 0.25) is 5.91 Å². The van der Waals surface area contributed by atoms with Crippen LogP contribution in [0.25, 0.3) is 0 Å². The molecule has 6 nitrogen and oxygen atoms in total. The highest BCUT2D eigenvalue weighted by Gasteiger charge is 2.16. The third kappa shape index (κ3) is 7.43. The molecular weight excluding hydrogens is 238 g/mol. The Balaban J connectivity index is 0.000000873. The third-order valence-corrected chi connectivity index (χ3v) is 2.34. The van der Waals surface area contributed by atoms with Gasteiger partial charge in [0.25, 0.3) is 6.47 Å². The monoisotopic (exact) mass is 257 g/mol. The summed E-state index contributed by atoms with van der Waals surface area (Å²) in [4.78, 5) is 32.5. The maximum atomic E-state index is 11.5. The van der Waals surface area contributed by atoms with Gasteiger partial charge >= 0.3 is 5.97 Å². The number of carbonyl (C=O) groups excluding carboxylic acids is 2. The lowest BCUT2D eigenvalue weighted by Gasteiger charge is -2.19. The topological polar surface area (TPSA) is 83.9 Å². The maximum absolute atomic E-state index is 11.5. The lowest BCUT2D eigenvalue weighted by atomic mass is 10.2. The summed E-state index contributed by atoms with van der Waals surface area (Å²) in [7, 11) is 0. The van der Waals surface area contributed by atoms with Gasteiger partial charge in [0.1, 0.15) is 0 Å². The summed E-state index contributed by atoms with van der Waals surface area (Å²) in [5.41, 5.74) is 0. The van der Waals surface area contributed by atoms with Gasteiger partial charge in [-0.3, -0.25) is 9.59 Å². The molecule has 0 aromatic rings. The molecule has 0 bridgehead atoms. The van der Waals surface area contributed by atoms with Gasteiger partial charge in [0, 0.05) is 19.0 Å². The molecule has 0 saturated carbocycles. The van der Waals surface area contributed by atoms with Crippen LogP contribution in [0.3, 0.4) is 0 Å². The minimum Gasteiger partial charge on any atom is -0.483 e. The van der Waals surface area contributed by atoms with E-state index in [0.717, 1.165) is 19.3 Å². The van der Waals surface area contributed by atoms with Crippen LogP contribution in [-0.4, -0.2) is 41.6 Å². The smallest absolute Gasteiger partial charge is 0.332 e. The second kappa shape index (κ2) is 10.3. The lowest BCUT2D eigenvalue weighted by molar-refractivity contribution is -0.148. The first kappa shape index (κ1) is 16.1. The molecule has 102 valence electrons. The van der Waals surface area contributed by atoms with Crippen molar-refractivity contribution in [2.24, 2.45) is 0 Å². The van der Waals surface area contributed by atoms with Crippen LogP contribution in [-0.2, 0) is 19.1 Å². The van der Waals surface area contributed by atoms with Crippen molar-refractivity contribution in [2.45, 2.75) is 32.6 Å². The Bertz CT molecular complexity index is 301. The van der Waals surface area contributed by atoms with Crippen LogP contribution in [0.1, 0.15) is 32.6 Å². The van der Waals surface area contributed by atoms with E-state index in [1.165, 1.54) is 6.08 Å². The SMILES string of the molecule is C/C=C/C(=O)OCN1CCCCCC1=O.O=CO. The Morgan fingerprint density at radius 2 is 2.11 bits per heavy atom. The van der Waals surface area contributed by atoms with Gasteiger partial charge in [-0.05, 0) is 19.8 Å². The Morgan fingerprint density at radius 1 is 1.44 bits per heavy atom. The first-order valence-corrected chi connectivity index (χ1v) is 5.80. The van der Waals surface area contributed by atoms with Crippen LogP contribution in [0, 0.1) is 0 Å². The molecular formula is C12H19NO5. The normalized spacial score (nSPS) is 15.6. The molecule has 1 saturated heterocycles. The van der Waals surface area contributed by atoms with E-state index in [9.17, 15) is 9.59 Å². The molecule has 0 aromatic carbocycles. The molecule has 0 radical (unpaired) electrons. The summed E-state index contributed by atoms with van der Waals surface area (Å²) < 4.78 is 4.93. The molecule has 0 aliphatic carbocycles. The predicted molar refractivity (Wildman–Crippen MR) is 64.6 cm³/mol. The van der Waals surface area contributed by atoms with E-state index in [-0.39, 0.29) is 19.1 Å². The summed E-state index contributed by atoms with van der Waals surface area (Å²) >= 11 is 0. The quantitative estimate of drug-likeness (QED) is 0.466. The summed E-state index contributed by atoms with van der Waals surface area (Å²) in [6.45, 7) is 2.28. The predicted octanol–water partition coefficient (Wildman–Crippen LogP) is 1.17. The van der Waals surface area contributed by atoms with Crippen molar-refractivity contribution in [3.05, 3.63) is 12.2 Å². The van der Waals surface area contributed by atoms with Gasteiger partial charge in [-0.2, -0.15) is 0 Å². The highest BCUT2D eigenvalue weighted by Crippen LogP contribution is 2.10. The van der Waals surface area contributed by atoms with E-state index in [2.05, 4.69) is 0 Å². The van der Waals surface area contributed by atoms with Gasteiger partial charge in [0.05, 0.1) is 0 Å². The molecule has 0 spiro atoms. The van der Waals surface area contributed by atoms with Gasteiger partial charge in [-0.25, -0.2) is 4.79 Å². The zero-order valence-corrected chi connectivity index (χ0v) is 10.5. The van der Waals surface area contributed by atoms with E-state index in [1.807, 2.05) is 0 Å². The average Bonchev–Trinajstić information content (AvgIpc) is 2.53. The molecule has 18 heavy (non-hydrogen) atoms. The third-order valence-electron chi connectivity index (χ3n) is 2.34. The Labute approximate surface area is 106 Å². The van der Waals surface area contributed by atoms with Crippen molar-refractivity contribution in [1.82, 2.24) is 4.90 Å². The summed E-state index contributed by atoms with van der Waals surface area (Å²) in [5.74, 6) is -0.310. The van der Waals surface area contributed by atoms with E-state index < -0.39 is 5.97 Å². The largest absolute Gasteiger partial charge is 0.483 e. The number of likely N-dealkylation sites (tertiary alicyclic amines) is 1. The van der Waals surface area contributed by atoms with Crippen molar-refractivity contribution in [1.29, 1.82) is 0 Å². The molecule has 6 heteroatoms. The number of nitrogens with zero attached hydrogens (tertiary/aromatic N) is 1. The van der Waals surface area contributed by atoms with Crippen LogP contribution in [0.15, 0.2) is 12.2 Å². The number of esters is 1. The van der Waals surface area contributed by atoms with Crippen LogP contribution in [0.4, 0.5) is 0 Å². The number of allylic oxidation sites excluding steroid dienone is 1. The number of carboxylic acid groups (broad SMARTS) is 1. The summed E-state index contributed by atoms with van der Waals surface area (Å²) in [5, 5.41) is 6.89. The zero-order chi connectivity index (χ0) is 13.8. The molecule has 1 heterocycles. The molecule has 0 atom stereocenters. The fourth-order valence-electron chi connectivity index (χ4n) is 1.50. The van der Waals surface area contributed by atoms with Gasteiger partial charge < -0.3 is 14.7 Å². The van der Waals surface area contributed by atoms with Gasteiger partial charge in [-0.15, -0.1) is 0 Å². The van der Waals surface area contributed by atoms with Crippen LogP contribution in [0.5, 0.6) is 0 Å². The zero-order valence-electron chi connectivity index (χ0n) is 10.5. The molecule has 1 amide bonds. The molecule has 0 unspecified atom stereocenters. The minimum absolute atomic E-state index is 0.0841. The Hall–Kier alpha value is -1.85. The molecule has 1 rings (SSSR count). The summed E-state index contributed by atoms with van der Waals surface area (Å²) in [6.07, 6.45) is 6.55. The lowest BCUT2D eigenvalue weighted by Crippen LogP contribution is -2.33. The Kier molecular flexibility index (Phi) is 9.25. The highest BCUT2D eigenvalue weighted by atomic mass is 16.5. The van der Waals surface area contributed by atoms with Crippen LogP contribution >= 0.6 is 0 Å². The number of carbonyl (C=O) groups is 3. The second-order valence-corrected chi connectivity index (χ2v) is 3.67. The molecule has 0 aromatic heterocycles. The molecule has 1 aliphatic rings. The number of ether oxygens (including phenoxy) is 1. The number of rotatable bonds is 3. The number of hydrogen-bond acceptors (Lipinski definition) is 4. The van der Waals surface area contributed by atoms with E-state index in [1.54, 1.807) is 17.9 Å². The summed E-state index contributed by atoms with van der Waals surface area (Å²) in [6, 6.07) is 0. The van der Waals surface area contributed by atoms with E-state index in [4.69, 9.17) is 14.6 Å². The standard InChI is InChI=1S/C11H17NO3.CH2O2/c1-2-6-11(14)15-9-12-8-5-3-4-7-10(12)13;2-1-3/h2,6H,3-5,7-9H2,1H3;1H,(H,2,3)/b6-2+;.